The van der Waals surface area contributed by atoms with E-state index in [2.05, 4.69) is 13.8 Å². The van der Waals surface area contributed by atoms with Gasteiger partial charge in [-0.05, 0) is 30.6 Å². The van der Waals surface area contributed by atoms with Crippen LogP contribution in [0.2, 0.25) is 0 Å². The van der Waals surface area contributed by atoms with Crippen LogP contribution >= 0.6 is 0 Å². The molecule has 2 saturated carbocycles. The van der Waals surface area contributed by atoms with Crippen molar-refractivity contribution in [2.75, 3.05) is 7.11 Å². The van der Waals surface area contributed by atoms with Crippen molar-refractivity contribution in [3.63, 3.8) is 0 Å². The van der Waals surface area contributed by atoms with Gasteiger partial charge < -0.3 is 4.74 Å². The van der Waals surface area contributed by atoms with Crippen molar-refractivity contribution in [1.29, 1.82) is 0 Å². The van der Waals surface area contributed by atoms with Crippen molar-refractivity contribution in [3.05, 3.63) is 0 Å². The summed E-state index contributed by atoms with van der Waals surface area (Å²) < 4.78 is 4.99. The quantitative estimate of drug-likeness (QED) is 0.635. The van der Waals surface area contributed by atoms with Gasteiger partial charge in [0.1, 0.15) is 0 Å². The number of ether oxygens (including phenoxy) is 1. The van der Waals surface area contributed by atoms with Gasteiger partial charge in [0.25, 0.3) is 0 Å². The van der Waals surface area contributed by atoms with Crippen molar-refractivity contribution < 1.29 is 9.53 Å². The molecule has 0 aromatic heterocycles. The van der Waals surface area contributed by atoms with Crippen LogP contribution < -0.4 is 0 Å². The molecule has 0 N–H and O–H groups in total. The Kier molecular flexibility index (Phi) is 2.13. The largest absolute Gasteiger partial charge is 0.469 e. The van der Waals surface area contributed by atoms with Crippen LogP contribution in [-0.2, 0) is 9.53 Å². The predicted molar refractivity (Wildman–Crippen MR) is 54.8 cm³/mol. The van der Waals surface area contributed by atoms with Gasteiger partial charge in [-0.15, -0.1) is 0 Å². The van der Waals surface area contributed by atoms with E-state index in [4.69, 9.17) is 4.74 Å². The van der Waals surface area contributed by atoms with Crippen LogP contribution in [-0.4, -0.2) is 13.1 Å². The molecular weight excluding hydrogens is 176 g/mol. The number of methoxy groups -OCH3 is 1. The molecule has 1 unspecified atom stereocenters. The van der Waals surface area contributed by atoms with Gasteiger partial charge in [0.2, 0.25) is 0 Å². The number of rotatable bonds is 2. The van der Waals surface area contributed by atoms with Gasteiger partial charge in [0.15, 0.2) is 0 Å². The summed E-state index contributed by atoms with van der Waals surface area (Å²) in [5, 5.41) is 0. The molecule has 1 atom stereocenters. The van der Waals surface area contributed by atoms with Crippen molar-refractivity contribution in [3.8, 4) is 0 Å². The molecule has 0 aromatic rings. The molecule has 0 saturated heterocycles. The van der Waals surface area contributed by atoms with Gasteiger partial charge in [-0.25, -0.2) is 0 Å². The number of esters is 1. The highest BCUT2D eigenvalue weighted by Gasteiger charge is 2.70. The van der Waals surface area contributed by atoms with E-state index in [0.29, 0.717) is 5.92 Å². The molecule has 0 bridgehead atoms. The van der Waals surface area contributed by atoms with Crippen molar-refractivity contribution in [2.45, 2.75) is 46.0 Å². The SMILES string of the molecule is COC(=O)C1(C2CCCC2)CC1(C)C. The second-order valence-electron chi connectivity index (χ2n) is 5.50. The Balaban J connectivity index is 2.20. The lowest BCUT2D eigenvalue weighted by atomic mass is 9.81. The zero-order valence-corrected chi connectivity index (χ0v) is 9.43. The minimum Gasteiger partial charge on any atom is -0.469 e. The van der Waals surface area contributed by atoms with E-state index in [1.54, 1.807) is 0 Å². The van der Waals surface area contributed by atoms with E-state index in [1.165, 1.54) is 32.8 Å². The Labute approximate surface area is 86.0 Å². The lowest BCUT2D eigenvalue weighted by molar-refractivity contribution is -0.151. The molecule has 2 fully saturated rings. The van der Waals surface area contributed by atoms with Crippen LogP contribution in [0.1, 0.15) is 46.0 Å². The second kappa shape index (κ2) is 2.98. The summed E-state index contributed by atoms with van der Waals surface area (Å²) in [7, 11) is 1.52. The molecule has 0 spiro atoms. The van der Waals surface area contributed by atoms with Crippen molar-refractivity contribution in [1.82, 2.24) is 0 Å². The monoisotopic (exact) mass is 196 g/mol. The highest BCUT2D eigenvalue weighted by Crippen LogP contribution is 2.70. The molecule has 2 rings (SSSR count). The lowest BCUT2D eigenvalue weighted by Crippen LogP contribution is -2.29. The van der Waals surface area contributed by atoms with Gasteiger partial charge in [-0.2, -0.15) is 0 Å². The fourth-order valence-corrected chi connectivity index (χ4v) is 3.47. The third kappa shape index (κ3) is 1.12. The zero-order valence-electron chi connectivity index (χ0n) is 9.43. The first kappa shape index (κ1) is 10.0. The van der Waals surface area contributed by atoms with Crippen LogP contribution in [0.4, 0.5) is 0 Å². The van der Waals surface area contributed by atoms with E-state index >= 15 is 0 Å². The van der Waals surface area contributed by atoms with Gasteiger partial charge in [0.05, 0.1) is 12.5 Å². The Hall–Kier alpha value is -0.530. The Morgan fingerprint density at radius 2 is 1.79 bits per heavy atom. The van der Waals surface area contributed by atoms with E-state index in [1.807, 2.05) is 0 Å². The highest BCUT2D eigenvalue weighted by molar-refractivity contribution is 5.82. The molecule has 14 heavy (non-hydrogen) atoms. The summed E-state index contributed by atoms with van der Waals surface area (Å²) in [5.41, 5.74) is 0.0490. The van der Waals surface area contributed by atoms with Gasteiger partial charge in [0, 0.05) is 0 Å². The molecule has 2 aliphatic carbocycles. The number of carbonyl (C=O) groups excluding carboxylic acids is 1. The summed E-state index contributed by atoms with van der Waals surface area (Å²) in [6.45, 7) is 4.39. The molecule has 0 radical (unpaired) electrons. The maximum atomic E-state index is 11.9. The maximum absolute atomic E-state index is 11.9. The Morgan fingerprint density at radius 3 is 2.14 bits per heavy atom. The summed E-state index contributed by atoms with van der Waals surface area (Å²) >= 11 is 0. The van der Waals surface area contributed by atoms with Crippen LogP contribution in [0.3, 0.4) is 0 Å². The average Bonchev–Trinajstić information content (AvgIpc) is 2.59. The smallest absolute Gasteiger partial charge is 0.312 e. The molecule has 0 aliphatic heterocycles. The highest BCUT2D eigenvalue weighted by atomic mass is 16.5. The summed E-state index contributed by atoms with van der Waals surface area (Å²) in [6.07, 6.45) is 6.05. The van der Waals surface area contributed by atoms with E-state index < -0.39 is 0 Å². The third-order valence-corrected chi connectivity index (χ3v) is 4.41. The molecule has 0 amide bonds. The molecule has 0 heterocycles. The molecule has 0 aromatic carbocycles. The predicted octanol–water partition coefficient (Wildman–Crippen LogP) is 2.77. The van der Waals surface area contributed by atoms with Crippen LogP contribution in [0.15, 0.2) is 0 Å². The van der Waals surface area contributed by atoms with Crippen LogP contribution in [0.5, 0.6) is 0 Å². The fourth-order valence-electron chi connectivity index (χ4n) is 3.47. The van der Waals surface area contributed by atoms with E-state index in [9.17, 15) is 4.79 Å². The van der Waals surface area contributed by atoms with Gasteiger partial charge in [-0.1, -0.05) is 26.7 Å². The standard InChI is InChI=1S/C12H20O2/c1-11(2)8-12(11,10(13)14-3)9-6-4-5-7-9/h9H,4-8H2,1-3H3. The van der Waals surface area contributed by atoms with E-state index in [0.717, 1.165) is 6.42 Å². The zero-order chi connectivity index (χ0) is 10.4. The van der Waals surface area contributed by atoms with Crippen LogP contribution in [0.25, 0.3) is 0 Å². The van der Waals surface area contributed by atoms with Crippen molar-refractivity contribution >= 4 is 5.97 Å². The molecule has 80 valence electrons. The first-order valence-electron chi connectivity index (χ1n) is 5.63. The van der Waals surface area contributed by atoms with Gasteiger partial charge >= 0.3 is 5.97 Å². The molecule has 2 aliphatic rings. The average molecular weight is 196 g/mol. The second-order valence-corrected chi connectivity index (χ2v) is 5.50. The topological polar surface area (TPSA) is 26.3 Å². The van der Waals surface area contributed by atoms with Gasteiger partial charge in [-0.3, -0.25) is 4.79 Å². The van der Waals surface area contributed by atoms with Crippen molar-refractivity contribution in [2.24, 2.45) is 16.7 Å². The minimum atomic E-state index is -0.127. The normalized spacial score (nSPS) is 35.6. The fraction of sp³-hybridized carbons (Fsp3) is 0.917. The first-order chi connectivity index (χ1) is 6.54. The number of hydrogen-bond acceptors (Lipinski definition) is 2. The number of carbonyl (C=O) groups is 1. The number of hydrogen-bond donors (Lipinski definition) is 0. The van der Waals surface area contributed by atoms with Crippen LogP contribution in [0, 0.1) is 16.7 Å². The Bertz CT molecular complexity index is 251. The summed E-state index contributed by atoms with van der Waals surface area (Å²) in [4.78, 5) is 11.9. The summed E-state index contributed by atoms with van der Waals surface area (Å²) in [5.74, 6) is 0.624. The molecule has 2 nitrogen and oxygen atoms in total. The minimum absolute atomic E-state index is 0.0365. The molecule has 2 heteroatoms. The third-order valence-electron chi connectivity index (χ3n) is 4.41. The first-order valence-corrected chi connectivity index (χ1v) is 5.63. The van der Waals surface area contributed by atoms with E-state index in [-0.39, 0.29) is 16.8 Å². The molecular formula is C12H20O2. The lowest BCUT2D eigenvalue weighted by Gasteiger charge is -2.24. The maximum Gasteiger partial charge on any atom is 0.312 e. The Morgan fingerprint density at radius 1 is 1.29 bits per heavy atom. The summed E-state index contributed by atoms with van der Waals surface area (Å²) in [6, 6.07) is 0.